The third-order valence-electron chi connectivity index (χ3n) is 1.27. The van der Waals surface area contributed by atoms with Crippen LogP contribution in [0.1, 0.15) is 13.8 Å². The Kier molecular flexibility index (Phi) is 4.27. The van der Waals surface area contributed by atoms with E-state index in [0.717, 1.165) is 0 Å². The zero-order valence-corrected chi connectivity index (χ0v) is 7.40. The second kappa shape index (κ2) is 4.44. The third kappa shape index (κ3) is 2.47. The molecule has 0 N–H and O–H groups in total. The molecule has 0 aromatic carbocycles. The van der Waals surface area contributed by atoms with Crippen LogP contribution < -0.4 is 0 Å². The van der Waals surface area contributed by atoms with Gasteiger partial charge in [-0.15, -0.1) is 0 Å². The number of rotatable bonds is 2. The highest BCUT2D eigenvalue weighted by molar-refractivity contribution is 7.99. The first-order valence-electron chi connectivity index (χ1n) is 3.25. The van der Waals surface area contributed by atoms with Crippen LogP contribution in [0.15, 0.2) is 0 Å². The molecular formula is C6H13NO2S. The Balaban J connectivity index is 4.02. The Morgan fingerprint density at radius 3 is 1.90 bits per heavy atom. The summed E-state index contributed by atoms with van der Waals surface area (Å²) < 4.78 is 10.6. The molecule has 0 aromatic heterocycles. The SMILES string of the molecule is CCN(CC)C(=O)[S@@](C)=O. The molecule has 0 fully saturated rings. The van der Waals surface area contributed by atoms with Gasteiger partial charge in [0.1, 0.15) is 10.8 Å². The van der Waals surface area contributed by atoms with Gasteiger partial charge in [-0.25, -0.2) is 4.21 Å². The monoisotopic (exact) mass is 163 g/mol. The van der Waals surface area contributed by atoms with Crippen LogP contribution in [0.5, 0.6) is 0 Å². The van der Waals surface area contributed by atoms with Crippen LogP contribution in [0.4, 0.5) is 4.79 Å². The average Bonchev–Trinajstić information content (AvgIpc) is 1.90. The summed E-state index contributed by atoms with van der Waals surface area (Å²) in [6.45, 7) is 5.01. The van der Waals surface area contributed by atoms with Crippen LogP contribution in [0, 0.1) is 0 Å². The largest absolute Gasteiger partial charge is 0.332 e. The summed E-state index contributed by atoms with van der Waals surface area (Å²) >= 11 is 0. The van der Waals surface area contributed by atoms with E-state index >= 15 is 0 Å². The van der Waals surface area contributed by atoms with E-state index in [0.29, 0.717) is 13.1 Å². The molecule has 0 saturated heterocycles. The van der Waals surface area contributed by atoms with Gasteiger partial charge in [0.15, 0.2) is 0 Å². The van der Waals surface area contributed by atoms with E-state index in [2.05, 4.69) is 0 Å². The maximum atomic E-state index is 10.9. The van der Waals surface area contributed by atoms with Crippen LogP contribution in [0.25, 0.3) is 0 Å². The highest BCUT2D eigenvalue weighted by Crippen LogP contribution is 1.93. The molecule has 0 bridgehead atoms. The van der Waals surface area contributed by atoms with Crippen molar-refractivity contribution in [1.29, 1.82) is 0 Å². The molecule has 60 valence electrons. The summed E-state index contributed by atoms with van der Waals surface area (Å²) in [4.78, 5) is 12.5. The Hall–Kier alpha value is -0.380. The van der Waals surface area contributed by atoms with E-state index in [-0.39, 0.29) is 5.24 Å². The summed E-state index contributed by atoms with van der Waals surface area (Å²) in [6.07, 6.45) is 1.40. The Morgan fingerprint density at radius 2 is 1.80 bits per heavy atom. The van der Waals surface area contributed by atoms with Crippen molar-refractivity contribution in [3.05, 3.63) is 0 Å². The van der Waals surface area contributed by atoms with E-state index in [1.807, 2.05) is 13.8 Å². The summed E-state index contributed by atoms with van der Waals surface area (Å²) in [5.74, 6) is 0. The van der Waals surface area contributed by atoms with E-state index in [9.17, 15) is 9.00 Å². The molecule has 10 heavy (non-hydrogen) atoms. The fourth-order valence-electron chi connectivity index (χ4n) is 0.664. The van der Waals surface area contributed by atoms with Gasteiger partial charge >= 0.3 is 5.24 Å². The van der Waals surface area contributed by atoms with Gasteiger partial charge in [0.25, 0.3) is 0 Å². The van der Waals surface area contributed by atoms with Crippen LogP contribution in [0.2, 0.25) is 0 Å². The molecule has 0 spiro atoms. The molecule has 0 aliphatic heterocycles. The zero-order chi connectivity index (χ0) is 8.15. The lowest BCUT2D eigenvalue weighted by atomic mass is 10.6. The van der Waals surface area contributed by atoms with Gasteiger partial charge in [-0.2, -0.15) is 0 Å². The topological polar surface area (TPSA) is 37.4 Å². The van der Waals surface area contributed by atoms with E-state index in [1.54, 1.807) is 4.90 Å². The lowest BCUT2D eigenvalue weighted by Gasteiger charge is -2.15. The van der Waals surface area contributed by atoms with Crippen LogP contribution in [-0.2, 0) is 10.8 Å². The molecule has 0 heterocycles. The molecule has 0 radical (unpaired) electrons. The predicted octanol–water partition coefficient (Wildman–Crippen LogP) is 0.827. The average molecular weight is 163 g/mol. The quantitative estimate of drug-likeness (QED) is 0.604. The number of hydrogen-bond acceptors (Lipinski definition) is 2. The number of nitrogens with zero attached hydrogens (tertiary/aromatic N) is 1. The molecule has 0 saturated carbocycles. The fourth-order valence-corrected chi connectivity index (χ4v) is 1.29. The van der Waals surface area contributed by atoms with Crippen LogP contribution in [0.3, 0.4) is 0 Å². The van der Waals surface area contributed by atoms with Gasteiger partial charge in [0, 0.05) is 19.3 Å². The molecule has 1 atom stereocenters. The first-order valence-corrected chi connectivity index (χ1v) is 4.81. The standard InChI is InChI=1S/C6H13NO2S/c1-4-7(5-2)6(8)10(3)9/h4-5H2,1-3H3/t10-/m1/s1. The van der Waals surface area contributed by atoms with Gasteiger partial charge in [0.2, 0.25) is 0 Å². The van der Waals surface area contributed by atoms with E-state index < -0.39 is 10.8 Å². The smallest absolute Gasteiger partial charge is 0.311 e. The fraction of sp³-hybridized carbons (Fsp3) is 0.833. The highest BCUT2D eigenvalue weighted by atomic mass is 32.2. The normalized spacial score (nSPS) is 12.7. The molecular weight excluding hydrogens is 150 g/mol. The Labute approximate surface area is 63.9 Å². The molecule has 0 unspecified atom stereocenters. The number of hydrogen-bond donors (Lipinski definition) is 0. The number of carbonyl (C=O) groups excluding carboxylic acids is 1. The molecule has 4 heteroatoms. The maximum Gasteiger partial charge on any atom is 0.311 e. The second-order valence-electron chi connectivity index (χ2n) is 1.89. The molecule has 0 rings (SSSR count). The van der Waals surface area contributed by atoms with Crippen LogP contribution >= 0.6 is 0 Å². The van der Waals surface area contributed by atoms with Crippen molar-refractivity contribution >= 4 is 16.0 Å². The van der Waals surface area contributed by atoms with Crippen molar-refractivity contribution in [3.63, 3.8) is 0 Å². The van der Waals surface area contributed by atoms with Crippen molar-refractivity contribution in [1.82, 2.24) is 4.90 Å². The maximum absolute atomic E-state index is 10.9. The Bertz CT molecular complexity index is 143. The lowest BCUT2D eigenvalue weighted by Crippen LogP contribution is -2.31. The molecule has 0 aliphatic carbocycles. The lowest BCUT2D eigenvalue weighted by molar-refractivity contribution is 0.227. The minimum atomic E-state index is -1.35. The summed E-state index contributed by atoms with van der Waals surface area (Å²) in [5.41, 5.74) is 0. The summed E-state index contributed by atoms with van der Waals surface area (Å²) in [6, 6.07) is 0. The minimum Gasteiger partial charge on any atom is -0.332 e. The number of amides is 1. The molecule has 0 aromatic rings. The van der Waals surface area contributed by atoms with Gasteiger partial charge in [0.05, 0.1) is 0 Å². The van der Waals surface area contributed by atoms with Gasteiger partial charge in [-0.05, 0) is 13.8 Å². The van der Waals surface area contributed by atoms with Gasteiger partial charge < -0.3 is 4.90 Å². The van der Waals surface area contributed by atoms with Gasteiger partial charge in [-0.1, -0.05) is 0 Å². The van der Waals surface area contributed by atoms with Crippen molar-refractivity contribution in [2.45, 2.75) is 13.8 Å². The summed E-state index contributed by atoms with van der Waals surface area (Å²) in [5, 5.41) is -0.273. The van der Waals surface area contributed by atoms with Gasteiger partial charge in [-0.3, -0.25) is 4.79 Å². The van der Waals surface area contributed by atoms with Crippen molar-refractivity contribution in [2.24, 2.45) is 0 Å². The van der Waals surface area contributed by atoms with Crippen molar-refractivity contribution in [2.75, 3.05) is 19.3 Å². The van der Waals surface area contributed by atoms with Crippen LogP contribution in [-0.4, -0.2) is 33.7 Å². The molecule has 3 nitrogen and oxygen atoms in total. The van der Waals surface area contributed by atoms with E-state index in [1.165, 1.54) is 6.26 Å². The van der Waals surface area contributed by atoms with Crippen molar-refractivity contribution in [3.8, 4) is 0 Å². The first-order chi connectivity index (χ1) is 4.63. The minimum absolute atomic E-state index is 0.273. The first kappa shape index (κ1) is 9.62. The number of carbonyl (C=O) groups is 1. The second-order valence-corrected chi connectivity index (χ2v) is 3.15. The Morgan fingerprint density at radius 1 is 1.40 bits per heavy atom. The summed E-state index contributed by atoms with van der Waals surface area (Å²) in [7, 11) is -1.35. The van der Waals surface area contributed by atoms with Crippen molar-refractivity contribution < 1.29 is 9.00 Å². The predicted molar refractivity (Wildman–Crippen MR) is 42.4 cm³/mol. The van der Waals surface area contributed by atoms with E-state index in [4.69, 9.17) is 0 Å². The molecule has 0 aliphatic rings. The molecule has 1 amide bonds. The zero-order valence-electron chi connectivity index (χ0n) is 6.59. The highest BCUT2D eigenvalue weighted by Gasteiger charge is 2.11. The third-order valence-corrected chi connectivity index (χ3v) is 2.02.